The number of carbonyl (C=O) groups is 1. The summed E-state index contributed by atoms with van der Waals surface area (Å²) in [6, 6.07) is 21.8. The average molecular weight is 291 g/mol. The third-order valence-corrected chi connectivity index (χ3v) is 3.58. The molecule has 2 aromatic carbocycles. The van der Waals surface area contributed by atoms with Crippen molar-refractivity contribution in [2.24, 2.45) is 0 Å². The maximum Gasteiger partial charge on any atom is 0.340 e. The summed E-state index contributed by atoms with van der Waals surface area (Å²) in [4.78, 5) is 15.4. The lowest BCUT2D eigenvalue weighted by Crippen LogP contribution is -2.01. The Balaban J connectivity index is 2.00. The maximum atomic E-state index is 12.0. The lowest BCUT2D eigenvalue weighted by atomic mass is 10.1. The van der Waals surface area contributed by atoms with Gasteiger partial charge in [0.25, 0.3) is 0 Å². The van der Waals surface area contributed by atoms with Crippen LogP contribution in [0.3, 0.4) is 0 Å². The van der Waals surface area contributed by atoms with Crippen molar-refractivity contribution in [2.75, 3.05) is 7.11 Å². The topological polar surface area (TPSA) is 42.1 Å². The Labute approximate surface area is 129 Å². The summed E-state index contributed by atoms with van der Waals surface area (Å²) >= 11 is 0. The SMILES string of the molecule is COC(=O)c1cc(Cc2ccccc2)[nH]c1-c1ccccc1. The second-order valence-corrected chi connectivity index (χ2v) is 5.10. The Morgan fingerprint density at radius 3 is 2.27 bits per heavy atom. The number of rotatable bonds is 4. The van der Waals surface area contributed by atoms with E-state index in [-0.39, 0.29) is 5.97 Å². The van der Waals surface area contributed by atoms with Crippen LogP contribution < -0.4 is 0 Å². The first-order valence-corrected chi connectivity index (χ1v) is 7.17. The minimum atomic E-state index is -0.325. The molecule has 3 nitrogen and oxygen atoms in total. The molecule has 3 heteroatoms. The van der Waals surface area contributed by atoms with Crippen LogP contribution in [0.15, 0.2) is 66.7 Å². The molecule has 0 radical (unpaired) electrons. The first-order valence-electron chi connectivity index (χ1n) is 7.17. The lowest BCUT2D eigenvalue weighted by molar-refractivity contribution is 0.0602. The zero-order valence-corrected chi connectivity index (χ0v) is 12.4. The van der Waals surface area contributed by atoms with Gasteiger partial charge in [-0.25, -0.2) is 4.79 Å². The summed E-state index contributed by atoms with van der Waals surface area (Å²) in [6.07, 6.45) is 0.748. The molecular weight excluding hydrogens is 274 g/mol. The third kappa shape index (κ3) is 2.93. The second-order valence-electron chi connectivity index (χ2n) is 5.10. The van der Waals surface area contributed by atoms with E-state index < -0.39 is 0 Å². The number of hydrogen-bond acceptors (Lipinski definition) is 2. The highest BCUT2D eigenvalue weighted by Gasteiger charge is 2.17. The van der Waals surface area contributed by atoms with E-state index >= 15 is 0 Å². The van der Waals surface area contributed by atoms with Crippen LogP contribution >= 0.6 is 0 Å². The van der Waals surface area contributed by atoms with Gasteiger partial charge in [-0.2, -0.15) is 0 Å². The van der Waals surface area contributed by atoms with Crippen LogP contribution in [0.5, 0.6) is 0 Å². The van der Waals surface area contributed by atoms with Crippen LogP contribution in [0.1, 0.15) is 21.6 Å². The molecule has 0 saturated carbocycles. The molecule has 1 heterocycles. The average Bonchev–Trinajstić information content (AvgIpc) is 3.00. The number of hydrogen-bond donors (Lipinski definition) is 1. The molecule has 0 saturated heterocycles. The van der Waals surface area contributed by atoms with Crippen molar-refractivity contribution in [3.05, 3.63) is 83.6 Å². The Bertz CT molecular complexity index is 761. The van der Waals surface area contributed by atoms with E-state index in [0.29, 0.717) is 5.56 Å². The van der Waals surface area contributed by atoms with Crippen LogP contribution in [0.25, 0.3) is 11.3 Å². The van der Waals surface area contributed by atoms with E-state index in [9.17, 15) is 4.79 Å². The number of nitrogens with one attached hydrogen (secondary N) is 1. The van der Waals surface area contributed by atoms with E-state index in [2.05, 4.69) is 17.1 Å². The van der Waals surface area contributed by atoms with Gasteiger partial charge >= 0.3 is 5.97 Å². The molecule has 0 spiro atoms. The monoisotopic (exact) mass is 291 g/mol. The van der Waals surface area contributed by atoms with Crippen molar-refractivity contribution in [3.8, 4) is 11.3 Å². The number of benzene rings is 2. The van der Waals surface area contributed by atoms with Crippen molar-refractivity contribution in [1.82, 2.24) is 4.98 Å². The zero-order valence-electron chi connectivity index (χ0n) is 12.4. The number of H-pyrrole nitrogens is 1. The highest BCUT2D eigenvalue weighted by atomic mass is 16.5. The summed E-state index contributed by atoms with van der Waals surface area (Å²) in [7, 11) is 1.40. The molecule has 0 fully saturated rings. The van der Waals surface area contributed by atoms with Gasteiger partial charge < -0.3 is 9.72 Å². The zero-order chi connectivity index (χ0) is 15.4. The van der Waals surface area contributed by atoms with Gasteiger partial charge in [-0.3, -0.25) is 0 Å². The molecule has 3 aromatic rings. The molecule has 1 N–H and O–H groups in total. The van der Waals surface area contributed by atoms with E-state index in [0.717, 1.165) is 23.4 Å². The van der Waals surface area contributed by atoms with Crippen LogP contribution in [-0.4, -0.2) is 18.1 Å². The van der Waals surface area contributed by atoms with Crippen molar-refractivity contribution >= 4 is 5.97 Å². The molecule has 0 bridgehead atoms. The highest BCUT2D eigenvalue weighted by molar-refractivity contribution is 5.96. The van der Waals surface area contributed by atoms with Crippen LogP contribution in [0, 0.1) is 0 Å². The number of ether oxygens (including phenoxy) is 1. The van der Waals surface area contributed by atoms with E-state index in [1.54, 1.807) is 0 Å². The molecule has 0 atom stereocenters. The summed E-state index contributed by atoms with van der Waals surface area (Å²) < 4.78 is 4.90. The number of aromatic amines is 1. The van der Waals surface area contributed by atoms with Crippen molar-refractivity contribution in [1.29, 1.82) is 0 Å². The summed E-state index contributed by atoms with van der Waals surface area (Å²) in [5, 5.41) is 0. The van der Waals surface area contributed by atoms with Gasteiger partial charge in [-0.1, -0.05) is 60.7 Å². The predicted molar refractivity (Wildman–Crippen MR) is 86.8 cm³/mol. The second kappa shape index (κ2) is 6.31. The smallest absolute Gasteiger partial charge is 0.340 e. The fourth-order valence-electron chi connectivity index (χ4n) is 2.52. The summed E-state index contributed by atoms with van der Waals surface area (Å²) in [5.41, 5.74) is 4.53. The quantitative estimate of drug-likeness (QED) is 0.737. The molecule has 0 unspecified atom stereocenters. The molecule has 22 heavy (non-hydrogen) atoms. The minimum Gasteiger partial charge on any atom is -0.465 e. The number of methoxy groups -OCH3 is 1. The Hall–Kier alpha value is -2.81. The minimum absolute atomic E-state index is 0.325. The van der Waals surface area contributed by atoms with Crippen molar-refractivity contribution in [3.63, 3.8) is 0 Å². The van der Waals surface area contributed by atoms with Crippen LogP contribution in [-0.2, 0) is 11.2 Å². The first kappa shape index (κ1) is 14.1. The van der Waals surface area contributed by atoms with Gasteiger partial charge in [0, 0.05) is 12.1 Å². The molecule has 0 aliphatic heterocycles. The third-order valence-electron chi connectivity index (χ3n) is 3.58. The lowest BCUT2D eigenvalue weighted by Gasteiger charge is -2.02. The van der Waals surface area contributed by atoms with E-state index in [4.69, 9.17) is 4.74 Å². The fourth-order valence-corrected chi connectivity index (χ4v) is 2.52. The van der Waals surface area contributed by atoms with Crippen molar-refractivity contribution < 1.29 is 9.53 Å². The molecule has 0 amide bonds. The summed E-state index contributed by atoms with van der Waals surface area (Å²) in [6.45, 7) is 0. The Morgan fingerprint density at radius 1 is 1.00 bits per heavy atom. The largest absolute Gasteiger partial charge is 0.465 e. The van der Waals surface area contributed by atoms with Gasteiger partial charge in [0.2, 0.25) is 0 Å². The molecule has 0 aliphatic carbocycles. The molecule has 0 aliphatic rings. The standard InChI is InChI=1S/C19H17NO2/c1-22-19(21)17-13-16(12-14-8-4-2-5-9-14)20-18(17)15-10-6-3-7-11-15/h2-11,13,20H,12H2,1H3. The van der Waals surface area contributed by atoms with Gasteiger partial charge in [-0.15, -0.1) is 0 Å². The highest BCUT2D eigenvalue weighted by Crippen LogP contribution is 2.25. The van der Waals surface area contributed by atoms with Gasteiger partial charge in [0.05, 0.1) is 18.4 Å². The number of aromatic nitrogens is 1. The summed E-state index contributed by atoms with van der Waals surface area (Å²) in [5.74, 6) is -0.325. The molecule has 3 rings (SSSR count). The van der Waals surface area contributed by atoms with Gasteiger partial charge in [-0.05, 0) is 17.2 Å². The molecule has 1 aromatic heterocycles. The van der Waals surface area contributed by atoms with Gasteiger partial charge in [0.15, 0.2) is 0 Å². The normalized spacial score (nSPS) is 10.4. The van der Waals surface area contributed by atoms with E-state index in [1.807, 2.05) is 54.6 Å². The predicted octanol–water partition coefficient (Wildman–Crippen LogP) is 4.06. The fraction of sp³-hybridized carbons (Fsp3) is 0.105. The molecular formula is C19H17NO2. The Morgan fingerprint density at radius 2 is 1.64 bits per heavy atom. The Kier molecular flexibility index (Phi) is 4.05. The molecule has 110 valence electrons. The maximum absolute atomic E-state index is 12.0. The first-order chi connectivity index (χ1) is 10.8. The van der Waals surface area contributed by atoms with E-state index in [1.165, 1.54) is 12.7 Å². The van der Waals surface area contributed by atoms with Gasteiger partial charge in [0.1, 0.15) is 0 Å². The van der Waals surface area contributed by atoms with Crippen LogP contribution in [0.4, 0.5) is 0 Å². The van der Waals surface area contributed by atoms with Crippen LogP contribution in [0.2, 0.25) is 0 Å². The van der Waals surface area contributed by atoms with Crippen molar-refractivity contribution in [2.45, 2.75) is 6.42 Å². The number of carbonyl (C=O) groups excluding carboxylic acids is 1. The number of esters is 1.